The second kappa shape index (κ2) is 6.98. The molecule has 1 saturated heterocycles. The van der Waals surface area contributed by atoms with Crippen molar-refractivity contribution < 1.29 is 0 Å². The van der Waals surface area contributed by atoms with E-state index >= 15 is 0 Å². The summed E-state index contributed by atoms with van der Waals surface area (Å²) in [5.74, 6) is 0. The molecule has 0 saturated carbocycles. The van der Waals surface area contributed by atoms with Crippen molar-refractivity contribution >= 4 is 17.3 Å². The third-order valence-corrected chi connectivity index (χ3v) is 3.64. The van der Waals surface area contributed by atoms with Crippen LogP contribution in [0.4, 0.5) is 5.69 Å². The summed E-state index contributed by atoms with van der Waals surface area (Å²) in [6.45, 7) is 9.90. The first-order chi connectivity index (χ1) is 8.79. The zero-order valence-corrected chi connectivity index (χ0v) is 11.8. The standard InChI is InChI=1S/C14H22ClN3/c1-2-16-6-7-17-8-10-18(11-9-17)14-5-3-4-13(15)12-14/h3-5,12,16H,2,6-11H2,1H3. The smallest absolute Gasteiger partial charge is 0.0426 e. The lowest BCUT2D eigenvalue weighted by atomic mass is 10.2. The van der Waals surface area contributed by atoms with Gasteiger partial charge in [0.2, 0.25) is 0 Å². The summed E-state index contributed by atoms with van der Waals surface area (Å²) < 4.78 is 0. The van der Waals surface area contributed by atoms with Gasteiger partial charge in [0.15, 0.2) is 0 Å². The molecule has 0 radical (unpaired) electrons. The summed E-state index contributed by atoms with van der Waals surface area (Å²) in [4.78, 5) is 4.93. The molecule has 0 bridgehead atoms. The number of hydrogen-bond donors (Lipinski definition) is 1. The number of halogens is 1. The molecule has 100 valence electrons. The lowest BCUT2D eigenvalue weighted by molar-refractivity contribution is 0.258. The molecular weight excluding hydrogens is 246 g/mol. The van der Waals surface area contributed by atoms with Gasteiger partial charge in [0.05, 0.1) is 0 Å². The van der Waals surface area contributed by atoms with E-state index in [2.05, 4.69) is 34.2 Å². The number of benzene rings is 1. The summed E-state index contributed by atoms with van der Waals surface area (Å²) >= 11 is 6.03. The van der Waals surface area contributed by atoms with Crippen LogP contribution in [0.2, 0.25) is 5.02 Å². The fourth-order valence-electron chi connectivity index (χ4n) is 2.32. The molecule has 0 atom stereocenters. The average molecular weight is 268 g/mol. The summed E-state index contributed by atoms with van der Waals surface area (Å²) in [7, 11) is 0. The first-order valence-electron chi connectivity index (χ1n) is 6.73. The minimum atomic E-state index is 0.821. The molecule has 0 unspecified atom stereocenters. The van der Waals surface area contributed by atoms with Crippen molar-refractivity contribution in [3.63, 3.8) is 0 Å². The Bertz CT molecular complexity index is 362. The number of piperazine rings is 1. The zero-order chi connectivity index (χ0) is 12.8. The molecule has 1 aromatic rings. The van der Waals surface area contributed by atoms with Crippen molar-refractivity contribution in [2.75, 3.05) is 50.7 Å². The van der Waals surface area contributed by atoms with E-state index in [1.165, 1.54) is 5.69 Å². The molecule has 0 spiro atoms. The zero-order valence-electron chi connectivity index (χ0n) is 11.0. The van der Waals surface area contributed by atoms with Crippen LogP contribution in [0, 0.1) is 0 Å². The molecule has 0 amide bonds. The molecule has 1 heterocycles. The average Bonchev–Trinajstić information content (AvgIpc) is 2.40. The number of rotatable bonds is 5. The highest BCUT2D eigenvalue weighted by Crippen LogP contribution is 2.20. The first kappa shape index (κ1) is 13.7. The maximum Gasteiger partial charge on any atom is 0.0426 e. The van der Waals surface area contributed by atoms with E-state index in [1.807, 2.05) is 12.1 Å². The maximum atomic E-state index is 6.03. The van der Waals surface area contributed by atoms with Crippen LogP contribution >= 0.6 is 11.6 Å². The molecule has 4 heteroatoms. The van der Waals surface area contributed by atoms with Gasteiger partial charge in [0.1, 0.15) is 0 Å². The predicted octanol–water partition coefficient (Wildman–Crippen LogP) is 2.07. The fraction of sp³-hybridized carbons (Fsp3) is 0.571. The third-order valence-electron chi connectivity index (χ3n) is 3.40. The van der Waals surface area contributed by atoms with Gasteiger partial charge in [0.25, 0.3) is 0 Å². The van der Waals surface area contributed by atoms with Crippen LogP contribution in [0.5, 0.6) is 0 Å². The Kier molecular flexibility index (Phi) is 5.29. The second-order valence-corrected chi connectivity index (χ2v) is 5.10. The van der Waals surface area contributed by atoms with E-state index in [-0.39, 0.29) is 0 Å². The van der Waals surface area contributed by atoms with Gasteiger partial charge >= 0.3 is 0 Å². The molecule has 1 N–H and O–H groups in total. The van der Waals surface area contributed by atoms with Crippen LogP contribution < -0.4 is 10.2 Å². The normalized spacial score (nSPS) is 17.1. The topological polar surface area (TPSA) is 18.5 Å². The van der Waals surface area contributed by atoms with E-state index in [0.717, 1.165) is 50.8 Å². The molecule has 1 fully saturated rings. The van der Waals surface area contributed by atoms with Gasteiger partial charge in [-0.15, -0.1) is 0 Å². The number of nitrogens with one attached hydrogen (secondary N) is 1. The van der Waals surface area contributed by atoms with Crippen molar-refractivity contribution in [1.82, 2.24) is 10.2 Å². The third kappa shape index (κ3) is 3.87. The molecule has 0 aliphatic carbocycles. The van der Waals surface area contributed by atoms with Crippen LogP contribution in [0.25, 0.3) is 0 Å². The van der Waals surface area contributed by atoms with Crippen molar-refractivity contribution in [3.8, 4) is 0 Å². The van der Waals surface area contributed by atoms with E-state index in [0.29, 0.717) is 0 Å². The van der Waals surface area contributed by atoms with Crippen molar-refractivity contribution in [1.29, 1.82) is 0 Å². The Labute approximate surface area is 115 Å². The number of nitrogens with zero attached hydrogens (tertiary/aromatic N) is 2. The summed E-state index contributed by atoms with van der Waals surface area (Å²) in [6.07, 6.45) is 0. The largest absolute Gasteiger partial charge is 0.369 e. The number of likely N-dealkylation sites (N-methyl/N-ethyl adjacent to an activating group) is 1. The van der Waals surface area contributed by atoms with Gasteiger partial charge in [-0.2, -0.15) is 0 Å². The summed E-state index contributed by atoms with van der Waals surface area (Å²) in [5.41, 5.74) is 1.24. The summed E-state index contributed by atoms with van der Waals surface area (Å²) in [6, 6.07) is 8.14. The van der Waals surface area contributed by atoms with Gasteiger partial charge in [-0.25, -0.2) is 0 Å². The highest BCUT2D eigenvalue weighted by Gasteiger charge is 2.16. The molecule has 18 heavy (non-hydrogen) atoms. The fourth-order valence-corrected chi connectivity index (χ4v) is 2.50. The minimum absolute atomic E-state index is 0.821. The van der Waals surface area contributed by atoms with Crippen LogP contribution in [0.15, 0.2) is 24.3 Å². The van der Waals surface area contributed by atoms with Crippen molar-refractivity contribution in [2.24, 2.45) is 0 Å². The second-order valence-electron chi connectivity index (χ2n) is 4.66. The SMILES string of the molecule is CCNCCN1CCN(c2cccc(Cl)c2)CC1. The molecule has 2 rings (SSSR count). The van der Waals surface area contributed by atoms with Crippen LogP contribution in [-0.4, -0.2) is 50.7 Å². The van der Waals surface area contributed by atoms with E-state index in [4.69, 9.17) is 11.6 Å². The lowest BCUT2D eigenvalue weighted by Gasteiger charge is -2.36. The maximum absolute atomic E-state index is 6.03. The Morgan fingerprint density at radius 3 is 2.67 bits per heavy atom. The van der Waals surface area contributed by atoms with Gasteiger partial charge in [-0.1, -0.05) is 24.6 Å². The van der Waals surface area contributed by atoms with Crippen molar-refractivity contribution in [3.05, 3.63) is 29.3 Å². The quantitative estimate of drug-likeness (QED) is 0.824. The van der Waals surface area contributed by atoms with Gasteiger partial charge < -0.3 is 10.2 Å². The highest BCUT2D eigenvalue weighted by molar-refractivity contribution is 6.30. The molecule has 1 aromatic carbocycles. The van der Waals surface area contributed by atoms with Crippen LogP contribution in [0.1, 0.15) is 6.92 Å². The van der Waals surface area contributed by atoms with Gasteiger partial charge in [-0.3, -0.25) is 4.90 Å². The number of anilines is 1. The Hall–Kier alpha value is -0.770. The predicted molar refractivity (Wildman–Crippen MR) is 78.6 cm³/mol. The van der Waals surface area contributed by atoms with E-state index < -0.39 is 0 Å². The Morgan fingerprint density at radius 2 is 2.00 bits per heavy atom. The molecule has 3 nitrogen and oxygen atoms in total. The Balaban J connectivity index is 1.79. The van der Waals surface area contributed by atoms with Gasteiger partial charge in [-0.05, 0) is 24.7 Å². The van der Waals surface area contributed by atoms with Crippen LogP contribution in [-0.2, 0) is 0 Å². The summed E-state index contributed by atoms with van der Waals surface area (Å²) in [5, 5.41) is 4.19. The lowest BCUT2D eigenvalue weighted by Crippen LogP contribution is -2.48. The van der Waals surface area contributed by atoms with Gasteiger partial charge in [0, 0.05) is 50.0 Å². The Morgan fingerprint density at radius 1 is 1.22 bits per heavy atom. The monoisotopic (exact) mass is 267 g/mol. The first-order valence-corrected chi connectivity index (χ1v) is 7.11. The molecular formula is C14H22ClN3. The highest BCUT2D eigenvalue weighted by atomic mass is 35.5. The van der Waals surface area contributed by atoms with E-state index in [9.17, 15) is 0 Å². The molecule has 1 aliphatic rings. The molecule has 1 aliphatic heterocycles. The molecule has 0 aromatic heterocycles. The number of hydrogen-bond acceptors (Lipinski definition) is 3. The van der Waals surface area contributed by atoms with Crippen LogP contribution in [0.3, 0.4) is 0 Å². The van der Waals surface area contributed by atoms with Crippen molar-refractivity contribution in [2.45, 2.75) is 6.92 Å². The van der Waals surface area contributed by atoms with E-state index in [1.54, 1.807) is 0 Å². The minimum Gasteiger partial charge on any atom is -0.369 e.